The van der Waals surface area contributed by atoms with Gasteiger partial charge in [-0.2, -0.15) is 0 Å². The number of hydrogen-bond acceptors (Lipinski definition) is 5. The minimum absolute atomic E-state index is 0.114. The Morgan fingerprint density at radius 3 is 2.60 bits per heavy atom. The minimum atomic E-state index is -1.18. The zero-order chi connectivity index (χ0) is 22.0. The highest BCUT2D eigenvalue weighted by atomic mass is 35.5. The van der Waals surface area contributed by atoms with Crippen LogP contribution in [0.25, 0.3) is 10.8 Å². The first-order valence-electron chi connectivity index (χ1n) is 9.68. The van der Waals surface area contributed by atoms with Crippen LogP contribution in [0.15, 0.2) is 6.20 Å². The van der Waals surface area contributed by atoms with Crippen LogP contribution in [0.2, 0.25) is 10.3 Å². The van der Waals surface area contributed by atoms with Crippen molar-refractivity contribution >= 4 is 45.9 Å². The number of aryl methyl sites for hydroxylation is 1. The summed E-state index contributed by atoms with van der Waals surface area (Å²) in [6.07, 6.45) is -0.00321. The number of nitrogens with zero attached hydrogens (tertiary/aromatic N) is 4. The Bertz CT molecular complexity index is 1020. The zero-order valence-electron chi connectivity index (χ0n) is 17.0. The SMILES string of the molecule is Cc1c(Cl)nc(N2C3CC(F)C2CN(C(=O)OC(C)(C)C)C3)c2cnc(Cl)c(F)c12. The molecule has 30 heavy (non-hydrogen) atoms. The third kappa shape index (κ3) is 3.54. The third-order valence-corrected chi connectivity index (χ3v) is 6.14. The third-order valence-electron chi connectivity index (χ3n) is 5.51. The van der Waals surface area contributed by atoms with Gasteiger partial charge in [0, 0.05) is 36.5 Å². The number of hydrogen-bond donors (Lipinski definition) is 0. The maximum atomic E-state index is 14.9. The topological polar surface area (TPSA) is 58.6 Å². The molecule has 2 aliphatic heterocycles. The van der Waals surface area contributed by atoms with E-state index in [-0.39, 0.29) is 41.2 Å². The van der Waals surface area contributed by atoms with Crippen LogP contribution in [0.5, 0.6) is 0 Å². The Balaban J connectivity index is 1.75. The molecular formula is C20H22Cl2F2N4O2. The number of halogens is 4. The van der Waals surface area contributed by atoms with E-state index < -0.39 is 29.7 Å². The fourth-order valence-corrected chi connectivity index (χ4v) is 4.56. The first-order valence-corrected chi connectivity index (χ1v) is 10.4. The number of anilines is 1. The molecule has 2 aromatic rings. The predicted molar refractivity (Wildman–Crippen MR) is 112 cm³/mol. The molecule has 2 fully saturated rings. The molecule has 4 rings (SSSR count). The van der Waals surface area contributed by atoms with Crippen molar-refractivity contribution in [2.24, 2.45) is 0 Å². The number of aromatic nitrogens is 2. The molecule has 4 heterocycles. The van der Waals surface area contributed by atoms with Gasteiger partial charge in [-0.3, -0.25) is 0 Å². The quantitative estimate of drug-likeness (QED) is 0.567. The van der Waals surface area contributed by atoms with Gasteiger partial charge in [0.05, 0.1) is 12.1 Å². The van der Waals surface area contributed by atoms with Crippen LogP contribution in [0.1, 0.15) is 32.8 Å². The van der Waals surface area contributed by atoms with Crippen LogP contribution in [0.3, 0.4) is 0 Å². The average molecular weight is 459 g/mol. The van der Waals surface area contributed by atoms with Gasteiger partial charge in [-0.1, -0.05) is 23.2 Å². The molecule has 0 aliphatic carbocycles. The van der Waals surface area contributed by atoms with Crippen LogP contribution in [0.4, 0.5) is 19.4 Å². The monoisotopic (exact) mass is 458 g/mol. The van der Waals surface area contributed by atoms with Crippen molar-refractivity contribution < 1.29 is 18.3 Å². The van der Waals surface area contributed by atoms with Crippen molar-refractivity contribution in [3.63, 3.8) is 0 Å². The molecule has 3 unspecified atom stereocenters. The summed E-state index contributed by atoms with van der Waals surface area (Å²) in [4.78, 5) is 24.2. The molecule has 6 nitrogen and oxygen atoms in total. The fourth-order valence-electron chi connectivity index (χ4n) is 4.24. The van der Waals surface area contributed by atoms with Crippen LogP contribution < -0.4 is 4.90 Å². The van der Waals surface area contributed by atoms with Gasteiger partial charge in [0.2, 0.25) is 0 Å². The standard InChI is InChI=1S/C20H22Cl2F2N4O2/c1-9-14-11(6-25-17(22)15(14)24)18(26-16(9)21)28-10-5-12(23)13(28)8-27(7-10)19(29)30-20(2,3)4/h6,10,12-13H,5,7-8H2,1-4H3. The number of carbonyl (C=O) groups is 1. The first kappa shape index (κ1) is 21.3. The summed E-state index contributed by atoms with van der Waals surface area (Å²) in [6.45, 7) is 7.39. The number of likely N-dealkylation sites (tertiary alicyclic amines) is 1. The van der Waals surface area contributed by atoms with Gasteiger partial charge in [0.15, 0.2) is 11.0 Å². The van der Waals surface area contributed by atoms with E-state index in [0.29, 0.717) is 16.8 Å². The Morgan fingerprint density at radius 1 is 1.27 bits per heavy atom. The molecular weight excluding hydrogens is 437 g/mol. The number of rotatable bonds is 1. The molecule has 0 saturated carbocycles. The predicted octanol–water partition coefficient (Wildman–Crippen LogP) is 4.92. The molecule has 2 saturated heterocycles. The summed E-state index contributed by atoms with van der Waals surface area (Å²) < 4.78 is 35.1. The van der Waals surface area contributed by atoms with Gasteiger partial charge in [0.25, 0.3) is 0 Å². The highest BCUT2D eigenvalue weighted by Crippen LogP contribution is 2.42. The molecule has 3 atom stereocenters. The molecule has 162 valence electrons. The Hall–Kier alpha value is -1.93. The Morgan fingerprint density at radius 2 is 1.97 bits per heavy atom. The lowest BCUT2D eigenvalue weighted by Gasteiger charge is -2.42. The first-order chi connectivity index (χ1) is 14.0. The molecule has 0 radical (unpaired) electrons. The largest absolute Gasteiger partial charge is 0.444 e. The smallest absolute Gasteiger partial charge is 0.410 e. The number of pyridine rings is 2. The van der Waals surface area contributed by atoms with Gasteiger partial charge in [-0.15, -0.1) is 0 Å². The van der Waals surface area contributed by atoms with Gasteiger partial charge < -0.3 is 14.5 Å². The lowest BCUT2D eigenvalue weighted by molar-refractivity contribution is 0.0203. The summed E-state index contributed by atoms with van der Waals surface area (Å²) in [7, 11) is 0. The van der Waals surface area contributed by atoms with E-state index in [9.17, 15) is 13.6 Å². The van der Waals surface area contributed by atoms with E-state index in [4.69, 9.17) is 27.9 Å². The molecule has 0 N–H and O–H groups in total. The van der Waals surface area contributed by atoms with Crippen LogP contribution >= 0.6 is 23.2 Å². The van der Waals surface area contributed by atoms with E-state index in [1.165, 1.54) is 11.1 Å². The number of piperazine rings is 1. The highest BCUT2D eigenvalue weighted by Gasteiger charge is 2.49. The lowest BCUT2D eigenvalue weighted by Crippen LogP contribution is -2.57. The Labute approximate surface area is 183 Å². The van der Waals surface area contributed by atoms with Crippen LogP contribution in [-0.4, -0.2) is 57.9 Å². The molecule has 1 amide bonds. The second-order valence-electron chi connectivity index (χ2n) is 8.77. The number of fused-ring (bicyclic) bond motifs is 3. The van der Waals surface area contributed by atoms with E-state index in [2.05, 4.69) is 9.97 Å². The molecule has 0 aromatic carbocycles. The molecule has 10 heteroatoms. The van der Waals surface area contributed by atoms with Crippen LogP contribution in [0, 0.1) is 12.7 Å². The maximum absolute atomic E-state index is 14.9. The summed E-state index contributed by atoms with van der Waals surface area (Å²) in [5.74, 6) is -0.337. The van der Waals surface area contributed by atoms with E-state index >= 15 is 0 Å². The van der Waals surface area contributed by atoms with Gasteiger partial charge in [-0.25, -0.2) is 23.5 Å². The minimum Gasteiger partial charge on any atom is -0.444 e. The zero-order valence-corrected chi connectivity index (χ0v) is 18.6. The van der Waals surface area contributed by atoms with Crippen molar-refractivity contribution in [1.82, 2.24) is 14.9 Å². The number of amides is 1. The van der Waals surface area contributed by atoms with Crippen molar-refractivity contribution in [3.8, 4) is 0 Å². The van der Waals surface area contributed by atoms with Gasteiger partial charge >= 0.3 is 6.09 Å². The van der Waals surface area contributed by atoms with Gasteiger partial charge in [0.1, 0.15) is 22.7 Å². The van der Waals surface area contributed by atoms with Crippen molar-refractivity contribution in [2.75, 3.05) is 18.0 Å². The molecule has 2 aliphatic rings. The average Bonchev–Trinajstić information content (AvgIpc) is 2.83. The lowest BCUT2D eigenvalue weighted by atomic mass is 10.1. The van der Waals surface area contributed by atoms with Crippen molar-refractivity contribution in [1.29, 1.82) is 0 Å². The summed E-state index contributed by atoms with van der Waals surface area (Å²) in [5.41, 5.74) is -0.207. The number of carbonyl (C=O) groups excluding carboxylic acids is 1. The van der Waals surface area contributed by atoms with E-state index in [1.807, 2.05) is 0 Å². The van der Waals surface area contributed by atoms with E-state index in [1.54, 1.807) is 32.6 Å². The number of alkyl halides is 1. The second-order valence-corrected chi connectivity index (χ2v) is 9.48. The molecule has 2 aromatic heterocycles. The highest BCUT2D eigenvalue weighted by molar-refractivity contribution is 6.32. The van der Waals surface area contributed by atoms with Crippen molar-refractivity contribution in [2.45, 2.75) is 58.0 Å². The summed E-state index contributed by atoms with van der Waals surface area (Å²) in [5, 5.41) is 0.478. The fraction of sp³-hybridized carbons (Fsp3) is 0.550. The number of ether oxygens (including phenoxy) is 1. The van der Waals surface area contributed by atoms with Gasteiger partial charge in [-0.05, 0) is 33.3 Å². The summed E-state index contributed by atoms with van der Waals surface area (Å²) in [6, 6.07) is -0.996. The maximum Gasteiger partial charge on any atom is 0.410 e. The Kier molecular flexibility index (Phi) is 5.21. The van der Waals surface area contributed by atoms with E-state index in [0.717, 1.165) is 0 Å². The van der Waals surface area contributed by atoms with Crippen LogP contribution in [-0.2, 0) is 4.74 Å². The normalized spacial score (nSPS) is 23.9. The summed E-state index contributed by atoms with van der Waals surface area (Å²) >= 11 is 12.2. The van der Waals surface area contributed by atoms with Crippen molar-refractivity contribution in [3.05, 3.63) is 27.9 Å². The molecule has 0 spiro atoms. The second kappa shape index (κ2) is 7.34. The molecule has 2 bridgehead atoms.